The molecule has 2 aliphatic heterocycles. The van der Waals surface area contributed by atoms with Gasteiger partial charge in [0.1, 0.15) is 29.5 Å². The summed E-state index contributed by atoms with van der Waals surface area (Å²) in [6.07, 6.45) is 0.617. The Morgan fingerprint density at radius 1 is 1.02 bits per heavy atom. The van der Waals surface area contributed by atoms with Gasteiger partial charge >= 0.3 is 5.97 Å². The predicted octanol–water partition coefficient (Wildman–Crippen LogP) is 5.01. The second kappa shape index (κ2) is 18.2. The molecule has 1 unspecified atom stereocenters. The number of ketones is 2. The van der Waals surface area contributed by atoms with Crippen molar-refractivity contribution in [2.24, 2.45) is 23.7 Å². The molecular weight excluding hydrogens is 692 g/mol. The number of carbonyl (C=O) groups is 3. The number of aliphatic hydroxyl groups is 2. The van der Waals surface area contributed by atoms with Crippen molar-refractivity contribution in [3.05, 3.63) is 48.2 Å². The largest absolute Gasteiger partial charge is 0.459 e. The molecule has 4 rings (SSSR count). The number of pyridine rings is 1. The van der Waals surface area contributed by atoms with Gasteiger partial charge in [0.2, 0.25) is 0 Å². The molecule has 1 aromatic heterocycles. The van der Waals surface area contributed by atoms with Gasteiger partial charge < -0.3 is 38.8 Å². The number of hydrogen-bond acceptors (Lipinski definition) is 12. The topological polar surface area (TPSA) is 154 Å². The van der Waals surface area contributed by atoms with Crippen molar-refractivity contribution in [1.82, 2.24) is 9.88 Å². The van der Waals surface area contributed by atoms with Crippen LogP contribution in [0.25, 0.3) is 17.0 Å². The van der Waals surface area contributed by atoms with Gasteiger partial charge in [0, 0.05) is 42.5 Å². The van der Waals surface area contributed by atoms with Crippen LogP contribution >= 0.6 is 0 Å². The van der Waals surface area contributed by atoms with Gasteiger partial charge in [0.25, 0.3) is 0 Å². The fourth-order valence-electron chi connectivity index (χ4n) is 8.25. The quantitative estimate of drug-likeness (QED) is 0.262. The van der Waals surface area contributed by atoms with E-state index in [1.165, 1.54) is 21.0 Å². The maximum atomic E-state index is 14.4. The third kappa shape index (κ3) is 9.64. The molecule has 2 aromatic rings. The van der Waals surface area contributed by atoms with Crippen molar-refractivity contribution in [3.63, 3.8) is 0 Å². The molecule has 12 nitrogen and oxygen atoms in total. The molecule has 2 saturated heterocycles. The Kier molecular flexibility index (Phi) is 14.7. The molecule has 3 heterocycles. The third-order valence-electron chi connectivity index (χ3n) is 11.6. The second-order valence-corrected chi connectivity index (χ2v) is 16.0. The van der Waals surface area contributed by atoms with Crippen molar-refractivity contribution < 1.29 is 48.3 Å². The van der Waals surface area contributed by atoms with E-state index in [0.29, 0.717) is 6.42 Å². The third-order valence-corrected chi connectivity index (χ3v) is 11.6. The van der Waals surface area contributed by atoms with Gasteiger partial charge in [0.05, 0.1) is 36.0 Å². The number of carbonyl (C=O) groups excluding carboxylic acids is 3. The lowest BCUT2D eigenvalue weighted by atomic mass is 9.74. The van der Waals surface area contributed by atoms with Crippen LogP contribution in [0.3, 0.4) is 0 Å². The molecule has 1 aromatic carbocycles. The first-order valence-corrected chi connectivity index (χ1v) is 19.2. The molecule has 0 spiro atoms. The zero-order valence-electron chi connectivity index (χ0n) is 33.9. The number of methoxy groups -OCH3 is 1. The van der Waals surface area contributed by atoms with E-state index < -0.39 is 77.3 Å². The Labute approximate surface area is 320 Å². The van der Waals surface area contributed by atoms with Gasteiger partial charge in [-0.3, -0.25) is 19.4 Å². The summed E-state index contributed by atoms with van der Waals surface area (Å²) in [6, 6.07) is 9.53. The van der Waals surface area contributed by atoms with E-state index in [4.69, 9.17) is 23.7 Å². The molecule has 0 bridgehead atoms. The lowest BCUT2D eigenvalue weighted by molar-refractivity contribution is -0.295. The fraction of sp³-hybridized carbons (Fsp3) is 0.667. The first kappa shape index (κ1) is 43.6. The Morgan fingerprint density at radius 2 is 1.69 bits per heavy atom. The standard InChI is InChI=1S/C42H62N2O10/c1-12-33-42(8,49)38(51-19-15-16-29-21-30-17-13-14-18-31(30)43-23-29)26(4)34(45)24(2)22-41(7,50-11)37(27(5)35(46)28(6)39(48)53-33)54-40-36(47)32(44(9)10)20-25(3)52-40/h13-18,21,23-28,32-33,36-38,40,47,49H,12,19-20,22H2,1-11H3/b16-15+/t24-,25-,26-,27+,28-,32+,33+,36-,37-,38?,40+,41+,42-/m1/s1. The lowest BCUT2D eigenvalue weighted by Gasteiger charge is -2.47. The van der Waals surface area contributed by atoms with Crippen LogP contribution in [0.2, 0.25) is 0 Å². The molecule has 13 atom stereocenters. The van der Waals surface area contributed by atoms with Gasteiger partial charge in [-0.05, 0) is 78.7 Å². The van der Waals surface area contributed by atoms with E-state index in [9.17, 15) is 24.6 Å². The second-order valence-electron chi connectivity index (χ2n) is 16.0. The van der Waals surface area contributed by atoms with Gasteiger partial charge in [0.15, 0.2) is 12.1 Å². The van der Waals surface area contributed by atoms with Crippen molar-refractivity contribution in [1.29, 1.82) is 0 Å². The van der Waals surface area contributed by atoms with E-state index in [1.54, 1.807) is 46.9 Å². The summed E-state index contributed by atoms with van der Waals surface area (Å²) in [7, 11) is 5.22. The van der Waals surface area contributed by atoms with Crippen molar-refractivity contribution in [2.45, 2.75) is 129 Å². The summed E-state index contributed by atoms with van der Waals surface area (Å²) in [6.45, 7) is 13.6. The SMILES string of the molecule is CC[C@@H]1OC(=O)[C@H](C)C(=O)[C@H](C)[C@@H](O[C@@H]2O[C@H](C)C[C@H](N(C)C)[C@H]2O)[C@@](C)(OC)C[C@@H](C)C(=O)[C@@H](C)C(OC/C=C/c2cnc3ccccc3c2)[C@]1(C)O. The summed E-state index contributed by atoms with van der Waals surface area (Å²) in [4.78, 5) is 48.7. The number of likely N-dealkylation sites (N-methyl/N-ethyl adjacent to an activating group) is 1. The van der Waals surface area contributed by atoms with Crippen LogP contribution in [0.15, 0.2) is 42.6 Å². The summed E-state index contributed by atoms with van der Waals surface area (Å²) in [5, 5.41) is 24.5. The molecule has 12 heteroatoms. The first-order valence-electron chi connectivity index (χ1n) is 19.2. The van der Waals surface area contributed by atoms with Gasteiger partial charge in [-0.15, -0.1) is 0 Å². The van der Waals surface area contributed by atoms with E-state index in [1.807, 2.05) is 62.3 Å². The van der Waals surface area contributed by atoms with E-state index in [0.717, 1.165) is 16.5 Å². The van der Waals surface area contributed by atoms with Crippen LogP contribution in [-0.2, 0) is 38.1 Å². The van der Waals surface area contributed by atoms with Crippen LogP contribution in [0.4, 0.5) is 0 Å². The number of rotatable bonds is 9. The van der Waals surface area contributed by atoms with E-state index in [-0.39, 0.29) is 37.4 Å². The van der Waals surface area contributed by atoms with E-state index >= 15 is 0 Å². The zero-order chi connectivity index (χ0) is 40.1. The molecule has 2 N–H and O–H groups in total. The average molecular weight is 755 g/mol. The van der Waals surface area contributed by atoms with E-state index in [2.05, 4.69) is 4.98 Å². The van der Waals surface area contributed by atoms with Crippen molar-refractivity contribution >= 4 is 34.5 Å². The molecular formula is C42H62N2O10. The smallest absolute Gasteiger partial charge is 0.316 e. The minimum Gasteiger partial charge on any atom is -0.459 e. The number of cyclic esters (lactones) is 1. The van der Waals surface area contributed by atoms with Crippen LogP contribution < -0.4 is 0 Å². The summed E-state index contributed by atoms with van der Waals surface area (Å²) >= 11 is 0. The molecule has 300 valence electrons. The van der Waals surface area contributed by atoms with Gasteiger partial charge in [-0.25, -0.2) is 0 Å². The lowest BCUT2D eigenvalue weighted by Crippen LogP contribution is -2.60. The van der Waals surface area contributed by atoms with Gasteiger partial charge in [-0.2, -0.15) is 0 Å². The highest BCUT2D eigenvalue weighted by Gasteiger charge is 2.52. The molecule has 0 saturated carbocycles. The number of esters is 1. The Hall–Kier alpha value is -3.10. The number of nitrogens with zero attached hydrogens (tertiary/aromatic N) is 2. The maximum Gasteiger partial charge on any atom is 0.316 e. The minimum absolute atomic E-state index is 0.0399. The number of Topliss-reactive ketones (excluding diaryl/α,β-unsaturated/α-hetero) is 2. The number of benzene rings is 1. The predicted molar refractivity (Wildman–Crippen MR) is 205 cm³/mol. The molecule has 0 radical (unpaired) electrons. The highest BCUT2D eigenvalue weighted by molar-refractivity contribution is 6.00. The number of aliphatic hydroxyl groups excluding tert-OH is 1. The Bertz CT molecular complexity index is 1630. The van der Waals surface area contributed by atoms with Crippen LogP contribution in [0.1, 0.15) is 80.2 Å². The highest BCUT2D eigenvalue weighted by Crippen LogP contribution is 2.39. The van der Waals surface area contributed by atoms with Crippen LogP contribution in [0, 0.1) is 23.7 Å². The number of hydrogen-bond donors (Lipinski definition) is 2. The average Bonchev–Trinajstić information content (AvgIpc) is 3.14. The zero-order valence-corrected chi connectivity index (χ0v) is 33.9. The Balaban J connectivity index is 1.69. The van der Waals surface area contributed by atoms with Crippen molar-refractivity contribution in [3.8, 4) is 0 Å². The number of fused-ring (bicyclic) bond motifs is 1. The van der Waals surface area contributed by atoms with Crippen molar-refractivity contribution in [2.75, 3.05) is 27.8 Å². The highest BCUT2D eigenvalue weighted by atomic mass is 16.7. The summed E-state index contributed by atoms with van der Waals surface area (Å²) in [5.74, 6) is -5.22. The first-order chi connectivity index (χ1) is 25.4. The fourth-order valence-corrected chi connectivity index (χ4v) is 8.25. The molecule has 54 heavy (non-hydrogen) atoms. The van der Waals surface area contributed by atoms with Crippen LogP contribution in [0.5, 0.6) is 0 Å². The minimum atomic E-state index is -1.82. The van der Waals surface area contributed by atoms with Gasteiger partial charge in [-0.1, -0.05) is 58.0 Å². The number of aromatic nitrogens is 1. The molecule has 0 aliphatic carbocycles. The molecule has 0 amide bonds. The number of ether oxygens (including phenoxy) is 5. The summed E-state index contributed by atoms with van der Waals surface area (Å²) in [5.41, 5.74) is -1.35. The molecule has 2 aliphatic rings. The Morgan fingerprint density at radius 3 is 2.33 bits per heavy atom. The monoisotopic (exact) mass is 754 g/mol. The molecule has 2 fully saturated rings. The number of para-hydroxylation sites is 1. The maximum absolute atomic E-state index is 14.4. The summed E-state index contributed by atoms with van der Waals surface area (Å²) < 4.78 is 31.1. The normalized spacial score (nSPS) is 37.8. The van der Waals surface area contributed by atoms with Crippen LogP contribution in [-0.4, -0.2) is 119 Å².